The van der Waals surface area contributed by atoms with Crippen LogP contribution >= 0.6 is 69.6 Å². The first kappa shape index (κ1) is 17.4. The first-order valence-corrected chi connectivity index (χ1v) is 7.62. The lowest BCUT2D eigenvalue weighted by Crippen LogP contribution is -1.94. The van der Waals surface area contributed by atoms with E-state index in [0.29, 0.717) is 0 Å². The fourth-order valence-electron chi connectivity index (χ4n) is 1.82. The Morgan fingerprint density at radius 1 is 0.714 bits per heavy atom. The molecular formula is C13H4Cl6F2. The first-order valence-electron chi connectivity index (χ1n) is 5.35. The molecule has 0 unspecified atom stereocenters. The minimum absolute atomic E-state index is 0.0438. The minimum Gasteiger partial charge on any atom is -0.205 e. The molecule has 0 aromatic heterocycles. The predicted molar refractivity (Wildman–Crippen MR) is 86.9 cm³/mol. The topological polar surface area (TPSA) is 0 Å². The lowest BCUT2D eigenvalue weighted by Gasteiger charge is -2.16. The minimum atomic E-state index is -2.82. The maximum atomic E-state index is 13.3. The van der Waals surface area contributed by atoms with E-state index in [9.17, 15) is 8.78 Å². The van der Waals surface area contributed by atoms with E-state index in [4.69, 9.17) is 69.6 Å². The number of benzene rings is 2. The van der Waals surface area contributed by atoms with Gasteiger partial charge in [-0.15, -0.1) is 0 Å². The van der Waals surface area contributed by atoms with Crippen molar-refractivity contribution in [2.24, 2.45) is 0 Å². The summed E-state index contributed by atoms with van der Waals surface area (Å²) in [5, 5.41) is -0.430. The number of halogens is 8. The zero-order chi connectivity index (χ0) is 15.9. The van der Waals surface area contributed by atoms with E-state index in [-0.39, 0.29) is 41.3 Å². The summed E-state index contributed by atoms with van der Waals surface area (Å²) in [4.78, 5) is 0. The molecule has 0 saturated carbocycles. The predicted octanol–water partition coefficient (Wildman–Crippen LogP) is 8.21. The Bertz CT molecular complexity index is 685. The Labute approximate surface area is 149 Å². The van der Waals surface area contributed by atoms with Crippen molar-refractivity contribution >= 4 is 69.6 Å². The van der Waals surface area contributed by atoms with Gasteiger partial charge in [0.15, 0.2) is 0 Å². The Kier molecular flexibility index (Phi) is 5.51. The molecule has 0 aliphatic rings. The van der Waals surface area contributed by atoms with Crippen LogP contribution < -0.4 is 0 Å². The second-order valence-electron chi connectivity index (χ2n) is 3.95. The third-order valence-electron chi connectivity index (χ3n) is 2.75. The molecule has 0 spiro atoms. The van der Waals surface area contributed by atoms with Gasteiger partial charge in [-0.05, 0) is 11.6 Å². The van der Waals surface area contributed by atoms with E-state index in [1.165, 1.54) is 18.2 Å². The molecule has 0 nitrogen and oxygen atoms in total. The second kappa shape index (κ2) is 6.66. The van der Waals surface area contributed by atoms with E-state index in [1.807, 2.05) is 0 Å². The molecule has 0 amide bonds. The van der Waals surface area contributed by atoms with Crippen molar-refractivity contribution in [3.8, 4) is 11.1 Å². The molecule has 2 rings (SSSR count). The van der Waals surface area contributed by atoms with Crippen molar-refractivity contribution < 1.29 is 8.78 Å². The fourth-order valence-corrected chi connectivity index (χ4v) is 3.42. The molecule has 0 atom stereocenters. The molecule has 8 heteroatoms. The molecule has 0 radical (unpaired) electrons. The average molecular weight is 411 g/mol. The van der Waals surface area contributed by atoms with E-state index in [0.717, 1.165) is 0 Å². The molecule has 0 fully saturated rings. The van der Waals surface area contributed by atoms with Crippen LogP contribution in [-0.2, 0) is 0 Å². The quantitative estimate of drug-likeness (QED) is 0.345. The Hall–Kier alpha value is 0.0400. The van der Waals surface area contributed by atoms with Gasteiger partial charge in [0.25, 0.3) is 6.43 Å². The smallest absolute Gasteiger partial charge is 0.205 e. The summed E-state index contributed by atoms with van der Waals surface area (Å²) in [5.41, 5.74) is -0.291. The largest absolute Gasteiger partial charge is 0.265 e. The number of hydrogen-bond donors (Lipinski definition) is 0. The molecule has 112 valence electrons. The van der Waals surface area contributed by atoms with E-state index in [1.54, 1.807) is 0 Å². The van der Waals surface area contributed by atoms with Crippen LogP contribution in [0.15, 0.2) is 18.2 Å². The maximum Gasteiger partial charge on any atom is 0.265 e. The standard InChI is InChI=1S/C13H4Cl6F2/c14-5-3-1-2-4(6(5)13(20)21)7-8(15)10(17)12(19)11(18)9(7)16/h1-3,13H. The van der Waals surface area contributed by atoms with Crippen molar-refractivity contribution in [3.05, 3.63) is 53.9 Å². The van der Waals surface area contributed by atoms with E-state index < -0.39 is 12.0 Å². The van der Waals surface area contributed by atoms with Crippen molar-refractivity contribution in [2.75, 3.05) is 0 Å². The summed E-state index contributed by atoms with van der Waals surface area (Å²) in [7, 11) is 0. The van der Waals surface area contributed by atoms with Crippen LogP contribution in [0, 0.1) is 0 Å². The summed E-state index contributed by atoms with van der Waals surface area (Å²) in [6.45, 7) is 0. The monoisotopic (exact) mass is 408 g/mol. The molecule has 2 aromatic carbocycles. The lowest BCUT2D eigenvalue weighted by atomic mass is 9.99. The van der Waals surface area contributed by atoms with Gasteiger partial charge in [0.1, 0.15) is 0 Å². The second-order valence-corrected chi connectivity index (χ2v) is 6.24. The summed E-state index contributed by atoms with van der Waals surface area (Å²) in [6, 6.07) is 4.24. The van der Waals surface area contributed by atoms with E-state index in [2.05, 4.69) is 0 Å². The highest BCUT2D eigenvalue weighted by molar-refractivity contribution is 6.56. The Balaban J connectivity index is 2.90. The third kappa shape index (κ3) is 3.08. The summed E-state index contributed by atoms with van der Waals surface area (Å²) in [5.74, 6) is 0. The van der Waals surface area contributed by atoms with Gasteiger partial charge < -0.3 is 0 Å². The van der Waals surface area contributed by atoms with Crippen LogP contribution in [0.1, 0.15) is 12.0 Å². The molecule has 2 aromatic rings. The van der Waals surface area contributed by atoms with Crippen LogP contribution in [0.4, 0.5) is 8.78 Å². The van der Waals surface area contributed by atoms with Gasteiger partial charge in [-0.1, -0.05) is 81.7 Å². The molecular weight excluding hydrogens is 407 g/mol. The number of alkyl halides is 2. The van der Waals surface area contributed by atoms with E-state index >= 15 is 0 Å². The summed E-state index contributed by atoms with van der Waals surface area (Å²) < 4.78 is 26.5. The van der Waals surface area contributed by atoms with Gasteiger partial charge in [-0.3, -0.25) is 0 Å². The zero-order valence-corrected chi connectivity index (χ0v) is 14.4. The van der Waals surface area contributed by atoms with Crippen LogP contribution in [0.25, 0.3) is 11.1 Å². The molecule has 0 bridgehead atoms. The van der Waals surface area contributed by atoms with Gasteiger partial charge in [0.2, 0.25) is 0 Å². The third-order valence-corrected chi connectivity index (χ3v) is 5.36. The normalized spacial score (nSPS) is 11.3. The summed E-state index contributed by atoms with van der Waals surface area (Å²) >= 11 is 35.8. The van der Waals surface area contributed by atoms with Crippen molar-refractivity contribution in [1.82, 2.24) is 0 Å². The molecule has 0 saturated heterocycles. The summed E-state index contributed by atoms with van der Waals surface area (Å²) in [6.07, 6.45) is -2.82. The van der Waals surface area contributed by atoms with Crippen LogP contribution in [0.2, 0.25) is 30.1 Å². The first-order chi connectivity index (χ1) is 9.77. The van der Waals surface area contributed by atoms with Gasteiger partial charge in [-0.2, -0.15) is 0 Å². The molecule has 0 aliphatic heterocycles. The van der Waals surface area contributed by atoms with Crippen LogP contribution in [-0.4, -0.2) is 0 Å². The maximum absolute atomic E-state index is 13.3. The highest BCUT2D eigenvalue weighted by Gasteiger charge is 2.25. The number of rotatable bonds is 2. The molecule has 0 heterocycles. The van der Waals surface area contributed by atoms with Gasteiger partial charge >= 0.3 is 0 Å². The Morgan fingerprint density at radius 3 is 1.67 bits per heavy atom. The van der Waals surface area contributed by atoms with Crippen molar-refractivity contribution in [2.45, 2.75) is 6.43 Å². The molecule has 21 heavy (non-hydrogen) atoms. The van der Waals surface area contributed by atoms with Crippen molar-refractivity contribution in [3.63, 3.8) is 0 Å². The highest BCUT2D eigenvalue weighted by atomic mass is 35.5. The zero-order valence-electron chi connectivity index (χ0n) is 9.83. The number of hydrogen-bond acceptors (Lipinski definition) is 0. The fraction of sp³-hybridized carbons (Fsp3) is 0.0769. The van der Waals surface area contributed by atoms with Crippen LogP contribution in [0.3, 0.4) is 0 Å². The van der Waals surface area contributed by atoms with Crippen LogP contribution in [0.5, 0.6) is 0 Å². The highest BCUT2D eigenvalue weighted by Crippen LogP contribution is 2.50. The Morgan fingerprint density at radius 2 is 1.19 bits per heavy atom. The lowest BCUT2D eigenvalue weighted by molar-refractivity contribution is 0.152. The molecule has 0 N–H and O–H groups in total. The SMILES string of the molecule is FC(F)c1c(Cl)cccc1-c1c(Cl)c(Cl)c(Cl)c(Cl)c1Cl. The van der Waals surface area contributed by atoms with Gasteiger partial charge in [-0.25, -0.2) is 8.78 Å². The average Bonchev–Trinajstić information content (AvgIpc) is 2.43. The van der Waals surface area contributed by atoms with Gasteiger partial charge in [0, 0.05) is 11.1 Å². The van der Waals surface area contributed by atoms with Crippen molar-refractivity contribution in [1.29, 1.82) is 0 Å². The van der Waals surface area contributed by atoms with Gasteiger partial charge in [0.05, 0.1) is 30.1 Å². The molecule has 0 aliphatic carbocycles.